The van der Waals surface area contributed by atoms with Crippen molar-refractivity contribution in [2.45, 2.75) is 70.3 Å². The van der Waals surface area contributed by atoms with Gasteiger partial charge in [-0.25, -0.2) is 0 Å². The second-order valence-electron chi connectivity index (χ2n) is 9.54. The van der Waals surface area contributed by atoms with E-state index in [-0.39, 0.29) is 29.7 Å². The number of hydrogen-bond donors (Lipinski definition) is 3. The molecule has 0 unspecified atom stereocenters. The molecule has 5 aliphatic carbocycles. The lowest BCUT2D eigenvalue weighted by molar-refractivity contribution is -0.151. The minimum atomic E-state index is -0.900. The third-order valence-electron chi connectivity index (χ3n) is 7.66. The number of nitrogens with one attached hydrogen (secondary N) is 2. The van der Waals surface area contributed by atoms with Crippen molar-refractivity contribution in [3.63, 3.8) is 0 Å². The molecule has 1 heterocycles. The molecule has 0 saturated heterocycles. The van der Waals surface area contributed by atoms with Gasteiger partial charge in [0.2, 0.25) is 5.91 Å². The van der Waals surface area contributed by atoms with Crippen LogP contribution in [-0.4, -0.2) is 28.9 Å². The number of allylic oxidation sites excluding steroid dienone is 2. The zero-order valence-corrected chi connectivity index (χ0v) is 18.5. The number of aryl methyl sites for hydroxylation is 1. The lowest BCUT2D eigenvalue weighted by Crippen LogP contribution is -2.47. The summed E-state index contributed by atoms with van der Waals surface area (Å²) in [6.45, 7) is 0. The second kappa shape index (κ2) is 8.41. The van der Waals surface area contributed by atoms with E-state index in [0.717, 1.165) is 63.4 Å². The van der Waals surface area contributed by atoms with Crippen molar-refractivity contribution in [2.75, 3.05) is 5.32 Å². The first-order valence-electron chi connectivity index (χ1n) is 11.7. The summed E-state index contributed by atoms with van der Waals surface area (Å²) >= 11 is 1.50. The molecule has 31 heavy (non-hydrogen) atoms. The van der Waals surface area contributed by atoms with E-state index in [0.29, 0.717) is 10.6 Å². The van der Waals surface area contributed by atoms with Crippen molar-refractivity contribution in [3.05, 3.63) is 28.2 Å². The summed E-state index contributed by atoms with van der Waals surface area (Å²) in [7, 11) is 0. The van der Waals surface area contributed by atoms with Crippen molar-refractivity contribution in [3.8, 4) is 0 Å². The van der Waals surface area contributed by atoms with Crippen molar-refractivity contribution in [2.24, 2.45) is 23.7 Å². The summed E-state index contributed by atoms with van der Waals surface area (Å²) < 4.78 is 0. The highest BCUT2D eigenvalue weighted by atomic mass is 32.1. The molecule has 2 bridgehead atoms. The second-order valence-corrected chi connectivity index (χ2v) is 10.6. The monoisotopic (exact) mass is 442 g/mol. The van der Waals surface area contributed by atoms with E-state index in [2.05, 4.69) is 10.6 Å². The van der Waals surface area contributed by atoms with Crippen molar-refractivity contribution < 1.29 is 19.5 Å². The summed E-state index contributed by atoms with van der Waals surface area (Å²) in [6, 6.07) is 0.206. The molecule has 2 saturated carbocycles. The topological polar surface area (TPSA) is 95.5 Å². The molecule has 7 heteroatoms. The van der Waals surface area contributed by atoms with Gasteiger partial charge in [0.05, 0.1) is 17.4 Å². The number of anilines is 1. The van der Waals surface area contributed by atoms with E-state index in [1.165, 1.54) is 22.6 Å². The maximum Gasteiger partial charge on any atom is 0.307 e. The van der Waals surface area contributed by atoms with Crippen LogP contribution in [0.4, 0.5) is 5.00 Å². The lowest BCUT2D eigenvalue weighted by atomic mass is 9.62. The van der Waals surface area contributed by atoms with Gasteiger partial charge in [-0.3, -0.25) is 14.4 Å². The van der Waals surface area contributed by atoms with Crippen LogP contribution in [0.25, 0.3) is 0 Å². The first-order valence-corrected chi connectivity index (χ1v) is 12.5. The maximum atomic E-state index is 13.3. The van der Waals surface area contributed by atoms with Gasteiger partial charge in [-0.15, -0.1) is 11.3 Å². The molecule has 4 atom stereocenters. The smallest absolute Gasteiger partial charge is 0.307 e. The van der Waals surface area contributed by atoms with Crippen molar-refractivity contribution >= 4 is 34.1 Å². The van der Waals surface area contributed by atoms with Gasteiger partial charge in [-0.1, -0.05) is 31.4 Å². The summed E-state index contributed by atoms with van der Waals surface area (Å²) in [5.41, 5.74) is 1.70. The highest BCUT2D eigenvalue weighted by Gasteiger charge is 2.48. The minimum absolute atomic E-state index is 0.0441. The number of carboxylic acid groups (broad SMARTS) is 1. The molecule has 1 aromatic rings. The molecule has 5 aliphatic rings. The number of hydrogen-bond acceptors (Lipinski definition) is 4. The van der Waals surface area contributed by atoms with Gasteiger partial charge < -0.3 is 15.7 Å². The lowest BCUT2D eigenvalue weighted by Gasteiger charge is -2.41. The Morgan fingerprint density at radius 2 is 1.61 bits per heavy atom. The Bertz CT molecular complexity index is 930. The average molecular weight is 443 g/mol. The van der Waals surface area contributed by atoms with Crippen LogP contribution in [0.15, 0.2) is 12.2 Å². The fourth-order valence-electron chi connectivity index (χ4n) is 6.12. The van der Waals surface area contributed by atoms with Gasteiger partial charge in [-0.05, 0) is 62.3 Å². The number of carboxylic acids is 1. The van der Waals surface area contributed by atoms with Crippen LogP contribution in [0.5, 0.6) is 0 Å². The molecular formula is C24H30N2O4S. The molecule has 0 spiro atoms. The average Bonchev–Trinajstić information content (AvgIpc) is 3.35. The standard InChI is InChI=1S/C24H30N2O4S/c27-21(18-13-9-11-14(12-10-13)19(18)24(29)30)26-23-20(16-7-4-8-17(16)31-23)22(28)25-15-5-2-1-3-6-15/h9,11,13-15,18-19H,1-8,10,12H2,(H,25,28)(H,26,27)(H,29,30)/t13-,14-,18-,19+/m0/s1. The third-order valence-corrected chi connectivity index (χ3v) is 8.87. The fraction of sp³-hybridized carbons (Fsp3) is 0.625. The summed E-state index contributed by atoms with van der Waals surface area (Å²) in [4.78, 5) is 39.7. The minimum Gasteiger partial charge on any atom is -0.481 e. The number of thiophene rings is 1. The summed E-state index contributed by atoms with van der Waals surface area (Å²) in [6.07, 6.45) is 14.0. The SMILES string of the molecule is O=C(NC1CCCCC1)c1c(NC(=O)[C@@H]2[C@H](C(=O)O)[C@H]3C=C[C@H]2CC3)sc2c1CCC2. The van der Waals surface area contributed by atoms with Crippen LogP contribution >= 0.6 is 11.3 Å². The molecule has 1 aromatic heterocycles. The van der Waals surface area contributed by atoms with E-state index >= 15 is 0 Å². The van der Waals surface area contributed by atoms with Crippen LogP contribution in [-0.2, 0) is 22.4 Å². The van der Waals surface area contributed by atoms with Gasteiger partial charge in [-0.2, -0.15) is 0 Å². The van der Waals surface area contributed by atoms with Crippen LogP contribution in [0.2, 0.25) is 0 Å². The Kier molecular flexibility index (Phi) is 5.63. The van der Waals surface area contributed by atoms with Gasteiger partial charge in [0, 0.05) is 10.9 Å². The quantitative estimate of drug-likeness (QED) is 0.597. The number of amides is 2. The van der Waals surface area contributed by atoms with Gasteiger partial charge in [0.15, 0.2) is 0 Å². The van der Waals surface area contributed by atoms with E-state index in [1.54, 1.807) is 0 Å². The number of carbonyl (C=O) groups is 3. The zero-order valence-electron chi connectivity index (χ0n) is 17.7. The predicted octanol–water partition coefficient (Wildman–Crippen LogP) is 4.15. The van der Waals surface area contributed by atoms with E-state index in [1.807, 2.05) is 12.2 Å². The molecule has 6 nitrogen and oxygen atoms in total. The Balaban J connectivity index is 1.39. The first-order chi connectivity index (χ1) is 15.0. The predicted molar refractivity (Wildman–Crippen MR) is 119 cm³/mol. The highest BCUT2D eigenvalue weighted by Crippen LogP contribution is 2.46. The largest absolute Gasteiger partial charge is 0.481 e. The normalized spacial score (nSPS) is 29.5. The number of aliphatic carboxylic acids is 1. The van der Waals surface area contributed by atoms with E-state index in [9.17, 15) is 19.5 Å². The molecular weight excluding hydrogens is 412 g/mol. The maximum absolute atomic E-state index is 13.3. The van der Waals surface area contributed by atoms with Crippen molar-refractivity contribution in [1.82, 2.24) is 5.32 Å². The van der Waals surface area contributed by atoms with Crippen molar-refractivity contribution in [1.29, 1.82) is 0 Å². The molecule has 3 N–H and O–H groups in total. The number of fused-ring (bicyclic) bond motifs is 3. The van der Waals surface area contributed by atoms with Crippen LogP contribution in [0, 0.1) is 23.7 Å². The first kappa shape index (κ1) is 20.7. The van der Waals surface area contributed by atoms with E-state index in [4.69, 9.17) is 0 Å². The van der Waals surface area contributed by atoms with Gasteiger partial charge >= 0.3 is 5.97 Å². The highest BCUT2D eigenvalue weighted by molar-refractivity contribution is 7.17. The number of carbonyl (C=O) groups excluding carboxylic acids is 2. The molecule has 6 rings (SSSR count). The summed E-state index contributed by atoms with van der Waals surface area (Å²) in [5.74, 6) is -2.62. The zero-order chi connectivity index (χ0) is 21.5. The Hall–Kier alpha value is -2.15. The van der Waals surface area contributed by atoms with Crippen LogP contribution in [0.1, 0.15) is 72.2 Å². The Morgan fingerprint density at radius 1 is 0.903 bits per heavy atom. The van der Waals surface area contributed by atoms with Crippen LogP contribution < -0.4 is 10.6 Å². The van der Waals surface area contributed by atoms with Crippen LogP contribution in [0.3, 0.4) is 0 Å². The van der Waals surface area contributed by atoms with Gasteiger partial charge in [0.25, 0.3) is 5.91 Å². The molecule has 0 aromatic carbocycles. The van der Waals surface area contributed by atoms with E-state index < -0.39 is 17.8 Å². The molecule has 2 amide bonds. The molecule has 2 fully saturated rings. The number of rotatable bonds is 5. The molecule has 0 radical (unpaired) electrons. The Labute approximate surface area is 186 Å². The molecule has 0 aliphatic heterocycles. The Morgan fingerprint density at radius 3 is 2.29 bits per heavy atom. The summed E-state index contributed by atoms with van der Waals surface area (Å²) in [5, 5.41) is 16.6. The molecule has 166 valence electrons. The fourth-order valence-corrected chi connectivity index (χ4v) is 7.41. The van der Waals surface area contributed by atoms with Gasteiger partial charge in [0.1, 0.15) is 5.00 Å². The third kappa shape index (κ3) is 3.81.